The van der Waals surface area contributed by atoms with Gasteiger partial charge in [0.05, 0.1) is 12.5 Å². The van der Waals surface area contributed by atoms with Gasteiger partial charge in [-0.25, -0.2) is 0 Å². The summed E-state index contributed by atoms with van der Waals surface area (Å²) in [5, 5.41) is 18.8. The average molecular weight is 220 g/mol. The predicted molar refractivity (Wildman–Crippen MR) is 60.1 cm³/mol. The van der Waals surface area contributed by atoms with E-state index in [9.17, 15) is 9.90 Å². The first-order valence-corrected chi connectivity index (χ1v) is 5.65. The molecule has 0 amide bonds. The van der Waals surface area contributed by atoms with Gasteiger partial charge < -0.3 is 10.2 Å². The van der Waals surface area contributed by atoms with Crippen LogP contribution in [0, 0.1) is 5.92 Å². The molecule has 1 fully saturated rings. The fourth-order valence-corrected chi connectivity index (χ4v) is 2.09. The van der Waals surface area contributed by atoms with E-state index in [2.05, 4.69) is 0 Å². The van der Waals surface area contributed by atoms with E-state index in [1.54, 1.807) is 12.1 Å². The standard InChI is InChI=1S/C13H16O3/c14-12(15)8-9-3-1-6-11(7-9)13(16)10-4-2-5-10/h1,3,6-7,10,13,16H,2,4-5,8H2,(H,14,15). The Morgan fingerprint density at radius 1 is 1.44 bits per heavy atom. The summed E-state index contributed by atoms with van der Waals surface area (Å²) in [7, 11) is 0. The minimum atomic E-state index is -0.838. The molecule has 1 atom stereocenters. The predicted octanol–water partition coefficient (Wildman–Crippen LogP) is 2.15. The molecular weight excluding hydrogens is 204 g/mol. The van der Waals surface area contributed by atoms with Crippen molar-refractivity contribution in [1.82, 2.24) is 0 Å². The fraction of sp³-hybridized carbons (Fsp3) is 0.462. The van der Waals surface area contributed by atoms with E-state index >= 15 is 0 Å². The van der Waals surface area contributed by atoms with Gasteiger partial charge in [0.15, 0.2) is 0 Å². The van der Waals surface area contributed by atoms with Crippen molar-refractivity contribution in [2.24, 2.45) is 5.92 Å². The Bertz CT molecular complexity index is 383. The number of aliphatic hydroxyl groups is 1. The van der Waals surface area contributed by atoms with Gasteiger partial charge in [-0.1, -0.05) is 30.7 Å². The van der Waals surface area contributed by atoms with Gasteiger partial charge in [-0.2, -0.15) is 0 Å². The number of benzene rings is 1. The zero-order valence-electron chi connectivity index (χ0n) is 9.10. The highest BCUT2D eigenvalue weighted by Gasteiger charge is 2.26. The highest BCUT2D eigenvalue weighted by Crippen LogP contribution is 2.37. The molecular formula is C13H16O3. The van der Waals surface area contributed by atoms with E-state index in [0.717, 1.165) is 24.0 Å². The number of aliphatic hydroxyl groups excluding tert-OH is 1. The smallest absolute Gasteiger partial charge is 0.307 e. The molecule has 1 saturated carbocycles. The molecule has 0 spiro atoms. The highest BCUT2D eigenvalue weighted by molar-refractivity contribution is 5.70. The number of carbonyl (C=O) groups is 1. The lowest BCUT2D eigenvalue weighted by Crippen LogP contribution is -2.20. The second kappa shape index (κ2) is 4.66. The Hall–Kier alpha value is -1.35. The highest BCUT2D eigenvalue weighted by atomic mass is 16.4. The van der Waals surface area contributed by atoms with Crippen molar-refractivity contribution in [3.63, 3.8) is 0 Å². The van der Waals surface area contributed by atoms with Crippen LogP contribution in [-0.2, 0) is 11.2 Å². The third-order valence-corrected chi connectivity index (χ3v) is 3.24. The van der Waals surface area contributed by atoms with Crippen molar-refractivity contribution in [2.75, 3.05) is 0 Å². The normalized spacial score (nSPS) is 17.8. The van der Waals surface area contributed by atoms with Gasteiger partial charge in [-0.15, -0.1) is 0 Å². The van der Waals surface area contributed by atoms with E-state index in [1.165, 1.54) is 6.42 Å². The molecule has 0 bridgehead atoms. The fourth-order valence-electron chi connectivity index (χ4n) is 2.09. The molecule has 0 heterocycles. The average Bonchev–Trinajstić information content (AvgIpc) is 2.14. The van der Waals surface area contributed by atoms with Crippen LogP contribution < -0.4 is 0 Å². The minimum Gasteiger partial charge on any atom is -0.481 e. The van der Waals surface area contributed by atoms with Crippen LogP contribution in [0.15, 0.2) is 24.3 Å². The first kappa shape index (κ1) is 11.1. The van der Waals surface area contributed by atoms with E-state index in [1.807, 2.05) is 12.1 Å². The van der Waals surface area contributed by atoms with Crippen molar-refractivity contribution in [2.45, 2.75) is 31.8 Å². The lowest BCUT2D eigenvalue weighted by atomic mass is 9.78. The molecule has 1 aromatic rings. The summed E-state index contributed by atoms with van der Waals surface area (Å²) in [6.07, 6.45) is 2.93. The van der Waals surface area contributed by atoms with Crippen LogP contribution in [0.1, 0.15) is 36.5 Å². The Kier molecular flexibility index (Phi) is 3.25. The SMILES string of the molecule is O=C(O)Cc1cccc(C(O)C2CCC2)c1. The van der Waals surface area contributed by atoms with Crippen molar-refractivity contribution in [3.05, 3.63) is 35.4 Å². The van der Waals surface area contributed by atoms with E-state index < -0.39 is 12.1 Å². The zero-order chi connectivity index (χ0) is 11.5. The molecule has 0 aromatic heterocycles. The second-order valence-corrected chi connectivity index (χ2v) is 4.45. The Morgan fingerprint density at radius 2 is 2.19 bits per heavy atom. The number of hydrogen-bond donors (Lipinski definition) is 2. The van der Waals surface area contributed by atoms with Gasteiger partial charge in [0, 0.05) is 0 Å². The summed E-state index contributed by atoms with van der Waals surface area (Å²) in [6.45, 7) is 0. The topological polar surface area (TPSA) is 57.5 Å². The molecule has 0 saturated heterocycles. The van der Waals surface area contributed by atoms with Crippen molar-refractivity contribution < 1.29 is 15.0 Å². The van der Waals surface area contributed by atoms with Crippen molar-refractivity contribution >= 4 is 5.97 Å². The number of rotatable bonds is 4. The first-order chi connectivity index (χ1) is 7.66. The maximum atomic E-state index is 10.6. The quantitative estimate of drug-likeness (QED) is 0.817. The number of hydrogen-bond acceptors (Lipinski definition) is 2. The molecule has 86 valence electrons. The van der Waals surface area contributed by atoms with Gasteiger partial charge in [0.25, 0.3) is 0 Å². The van der Waals surface area contributed by atoms with Crippen LogP contribution in [0.4, 0.5) is 0 Å². The molecule has 16 heavy (non-hydrogen) atoms. The third-order valence-electron chi connectivity index (χ3n) is 3.24. The van der Waals surface area contributed by atoms with E-state index in [-0.39, 0.29) is 6.42 Å². The van der Waals surface area contributed by atoms with Crippen LogP contribution in [0.2, 0.25) is 0 Å². The van der Waals surface area contributed by atoms with Crippen LogP contribution in [-0.4, -0.2) is 16.2 Å². The molecule has 2 N–H and O–H groups in total. The Labute approximate surface area is 94.7 Å². The molecule has 3 nitrogen and oxygen atoms in total. The second-order valence-electron chi connectivity index (χ2n) is 4.45. The van der Waals surface area contributed by atoms with Gasteiger partial charge >= 0.3 is 5.97 Å². The molecule has 1 aliphatic rings. The number of carboxylic acids is 1. The molecule has 1 aromatic carbocycles. The summed E-state index contributed by atoms with van der Waals surface area (Å²) in [4.78, 5) is 10.6. The summed E-state index contributed by atoms with van der Waals surface area (Å²) in [6, 6.07) is 7.27. The lowest BCUT2D eigenvalue weighted by Gasteiger charge is -2.30. The van der Waals surface area contributed by atoms with Crippen LogP contribution in [0.25, 0.3) is 0 Å². The summed E-state index contributed by atoms with van der Waals surface area (Å²) in [5.41, 5.74) is 1.60. The van der Waals surface area contributed by atoms with Crippen LogP contribution in [0.5, 0.6) is 0 Å². The molecule has 0 aliphatic heterocycles. The van der Waals surface area contributed by atoms with E-state index in [0.29, 0.717) is 5.92 Å². The van der Waals surface area contributed by atoms with Gasteiger partial charge in [-0.05, 0) is 29.9 Å². The number of aliphatic carboxylic acids is 1. The molecule has 1 unspecified atom stereocenters. The van der Waals surface area contributed by atoms with E-state index in [4.69, 9.17) is 5.11 Å². The lowest BCUT2D eigenvalue weighted by molar-refractivity contribution is -0.136. The summed E-state index contributed by atoms with van der Waals surface area (Å²) >= 11 is 0. The largest absolute Gasteiger partial charge is 0.481 e. The molecule has 2 rings (SSSR count). The third kappa shape index (κ3) is 2.42. The number of carboxylic acid groups (broad SMARTS) is 1. The minimum absolute atomic E-state index is 0.0191. The zero-order valence-corrected chi connectivity index (χ0v) is 9.10. The monoisotopic (exact) mass is 220 g/mol. The van der Waals surface area contributed by atoms with Crippen LogP contribution in [0.3, 0.4) is 0 Å². The van der Waals surface area contributed by atoms with Gasteiger partial charge in [0.2, 0.25) is 0 Å². The first-order valence-electron chi connectivity index (χ1n) is 5.65. The summed E-state index contributed by atoms with van der Waals surface area (Å²) in [5.74, 6) is -0.477. The maximum Gasteiger partial charge on any atom is 0.307 e. The van der Waals surface area contributed by atoms with Crippen LogP contribution >= 0.6 is 0 Å². The summed E-state index contributed by atoms with van der Waals surface area (Å²) < 4.78 is 0. The molecule has 1 aliphatic carbocycles. The maximum absolute atomic E-state index is 10.6. The van der Waals surface area contributed by atoms with Gasteiger partial charge in [-0.3, -0.25) is 4.79 Å². The van der Waals surface area contributed by atoms with Crippen molar-refractivity contribution in [3.8, 4) is 0 Å². The Balaban J connectivity index is 2.11. The van der Waals surface area contributed by atoms with Crippen molar-refractivity contribution in [1.29, 1.82) is 0 Å². The molecule has 0 radical (unpaired) electrons. The Morgan fingerprint density at radius 3 is 2.75 bits per heavy atom. The van der Waals surface area contributed by atoms with Gasteiger partial charge in [0.1, 0.15) is 0 Å². The molecule has 3 heteroatoms.